The summed E-state index contributed by atoms with van der Waals surface area (Å²) in [6.07, 6.45) is -0.174. The molecular weight excluding hydrogens is 238 g/mol. The third-order valence-corrected chi connectivity index (χ3v) is 3.02. The van der Waals surface area contributed by atoms with E-state index in [9.17, 15) is 4.79 Å². The summed E-state index contributed by atoms with van der Waals surface area (Å²) in [5.74, 6) is 0.310. The summed E-state index contributed by atoms with van der Waals surface area (Å²) in [6, 6.07) is 7.35. The first-order valence-electron chi connectivity index (χ1n) is 4.85. The number of thiazole rings is 1. The molecule has 17 heavy (non-hydrogen) atoms. The van der Waals surface area contributed by atoms with Gasteiger partial charge in [0.15, 0.2) is 5.13 Å². The summed E-state index contributed by atoms with van der Waals surface area (Å²) >= 11 is 1.35. The molecule has 0 bridgehead atoms. The van der Waals surface area contributed by atoms with E-state index in [1.54, 1.807) is 13.2 Å². The van der Waals surface area contributed by atoms with Gasteiger partial charge in [0.05, 0.1) is 17.9 Å². The fourth-order valence-electron chi connectivity index (χ4n) is 1.38. The van der Waals surface area contributed by atoms with Crippen molar-refractivity contribution < 1.29 is 9.53 Å². The second kappa shape index (κ2) is 4.80. The van der Waals surface area contributed by atoms with Gasteiger partial charge in [-0.25, -0.2) is 4.98 Å². The van der Waals surface area contributed by atoms with Crippen LogP contribution in [0.5, 0.6) is 5.75 Å². The lowest BCUT2D eigenvalue weighted by molar-refractivity contribution is -0.115. The Balaban J connectivity index is 2.32. The number of para-hydroxylation sites is 1. The highest BCUT2D eigenvalue weighted by atomic mass is 32.1. The van der Waals surface area contributed by atoms with E-state index in [1.165, 1.54) is 11.3 Å². The Kier molecular flexibility index (Phi) is 3.21. The maximum absolute atomic E-state index is 11.2. The normalized spacial score (nSPS) is 9.88. The number of aromatic nitrogens is 1. The van der Waals surface area contributed by atoms with Crippen molar-refractivity contribution in [2.75, 3.05) is 12.4 Å². The number of carbonyl (C=O) groups excluding carboxylic acids is 1. The molecule has 2 rings (SSSR count). The molecule has 1 heterocycles. The third-order valence-electron chi connectivity index (χ3n) is 2.09. The van der Waals surface area contributed by atoms with Crippen LogP contribution in [0.15, 0.2) is 18.2 Å². The van der Waals surface area contributed by atoms with Gasteiger partial charge in [-0.05, 0) is 12.1 Å². The van der Waals surface area contributed by atoms with Crippen molar-refractivity contribution in [1.29, 1.82) is 5.26 Å². The number of rotatable bonds is 3. The zero-order valence-corrected chi connectivity index (χ0v) is 9.87. The van der Waals surface area contributed by atoms with Gasteiger partial charge < -0.3 is 10.1 Å². The van der Waals surface area contributed by atoms with Crippen LogP contribution in [-0.4, -0.2) is 18.0 Å². The highest BCUT2D eigenvalue weighted by Crippen LogP contribution is 2.31. The summed E-state index contributed by atoms with van der Waals surface area (Å²) in [7, 11) is 1.57. The van der Waals surface area contributed by atoms with Crippen molar-refractivity contribution in [2.24, 2.45) is 0 Å². The minimum Gasteiger partial charge on any atom is -0.494 e. The quantitative estimate of drug-likeness (QED) is 0.901. The van der Waals surface area contributed by atoms with Gasteiger partial charge in [0.1, 0.15) is 17.7 Å². The maximum Gasteiger partial charge on any atom is 0.240 e. The second-order valence-electron chi connectivity index (χ2n) is 3.21. The van der Waals surface area contributed by atoms with Crippen LogP contribution in [0.2, 0.25) is 0 Å². The van der Waals surface area contributed by atoms with Crippen molar-refractivity contribution in [2.45, 2.75) is 6.42 Å². The minimum atomic E-state index is -0.356. The van der Waals surface area contributed by atoms with Gasteiger partial charge in [0.2, 0.25) is 5.91 Å². The molecule has 0 aliphatic rings. The molecule has 1 aromatic heterocycles. The number of carbonyl (C=O) groups is 1. The first kappa shape index (κ1) is 11.4. The standard InChI is InChI=1S/C11H9N3O2S/c1-16-7-3-2-4-8-10(7)14-11(17-8)13-9(15)5-6-12/h2-4H,5H2,1H3,(H,13,14,15). The Morgan fingerprint density at radius 2 is 2.47 bits per heavy atom. The van der Waals surface area contributed by atoms with Crippen molar-refractivity contribution in [3.05, 3.63) is 18.2 Å². The van der Waals surface area contributed by atoms with Gasteiger partial charge >= 0.3 is 0 Å². The van der Waals surface area contributed by atoms with Gasteiger partial charge in [-0.15, -0.1) is 0 Å². The van der Waals surface area contributed by atoms with Crippen LogP contribution in [-0.2, 0) is 4.79 Å². The first-order valence-corrected chi connectivity index (χ1v) is 5.66. The molecule has 1 N–H and O–H groups in total. The highest BCUT2D eigenvalue weighted by Gasteiger charge is 2.10. The van der Waals surface area contributed by atoms with Gasteiger partial charge in [-0.2, -0.15) is 5.26 Å². The van der Waals surface area contributed by atoms with E-state index in [0.717, 1.165) is 4.70 Å². The van der Waals surface area contributed by atoms with Gasteiger partial charge in [-0.1, -0.05) is 17.4 Å². The molecular formula is C11H9N3O2S. The number of fused-ring (bicyclic) bond motifs is 1. The van der Waals surface area contributed by atoms with Crippen LogP contribution in [0.3, 0.4) is 0 Å². The fraction of sp³-hybridized carbons (Fsp3) is 0.182. The second-order valence-corrected chi connectivity index (χ2v) is 4.24. The SMILES string of the molecule is COc1cccc2sc(NC(=O)CC#N)nc12. The Hall–Kier alpha value is -2.13. The first-order chi connectivity index (χ1) is 8.24. The Bertz CT molecular complexity index is 600. The number of nitrogens with one attached hydrogen (secondary N) is 1. The van der Waals surface area contributed by atoms with E-state index in [0.29, 0.717) is 16.4 Å². The van der Waals surface area contributed by atoms with Crippen molar-refractivity contribution in [1.82, 2.24) is 4.98 Å². The molecule has 1 aromatic carbocycles. The molecule has 0 saturated carbocycles. The smallest absolute Gasteiger partial charge is 0.240 e. The molecule has 5 nitrogen and oxygen atoms in total. The number of nitriles is 1. The predicted octanol–water partition coefficient (Wildman–Crippen LogP) is 2.16. The Morgan fingerprint density at radius 1 is 1.65 bits per heavy atom. The van der Waals surface area contributed by atoms with Crippen molar-refractivity contribution in [3.8, 4) is 11.8 Å². The molecule has 86 valence electrons. The molecule has 0 atom stereocenters. The van der Waals surface area contributed by atoms with Gasteiger partial charge in [0.25, 0.3) is 0 Å². The van der Waals surface area contributed by atoms with Crippen LogP contribution in [0.25, 0.3) is 10.2 Å². The van der Waals surface area contributed by atoms with E-state index in [-0.39, 0.29) is 12.3 Å². The summed E-state index contributed by atoms with van der Waals surface area (Å²) in [5.41, 5.74) is 0.715. The maximum atomic E-state index is 11.2. The molecule has 0 unspecified atom stereocenters. The minimum absolute atomic E-state index is 0.174. The molecule has 1 amide bonds. The predicted molar refractivity (Wildman–Crippen MR) is 65.0 cm³/mol. The Labute approximate surface area is 102 Å². The molecule has 2 aromatic rings. The van der Waals surface area contributed by atoms with Gasteiger partial charge in [0, 0.05) is 0 Å². The van der Waals surface area contributed by atoms with Crippen LogP contribution in [0.1, 0.15) is 6.42 Å². The summed E-state index contributed by atoms with van der Waals surface area (Å²) in [4.78, 5) is 15.5. The number of amides is 1. The highest BCUT2D eigenvalue weighted by molar-refractivity contribution is 7.22. The van der Waals surface area contributed by atoms with Crippen LogP contribution in [0, 0.1) is 11.3 Å². The summed E-state index contributed by atoms with van der Waals surface area (Å²) < 4.78 is 6.10. The number of hydrogen-bond donors (Lipinski definition) is 1. The molecule has 0 fully saturated rings. The van der Waals surface area contributed by atoms with E-state index in [4.69, 9.17) is 10.00 Å². The number of methoxy groups -OCH3 is 1. The van der Waals surface area contributed by atoms with Crippen LogP contribution >= 0.6 is 11.3 Å². The lowest BCUT2D eigenvalue weighted by Crippen LogP contribution is -2.09. The number of nitrogens with zero attached hydrogens (tertiary/aromatic N) is 2. The van der Waals surface area contributed by atoms with E-state index in [1.807, 2.05) is 18.2 Å². The summed E-state index contributed by atoms with van der Waals surface area (Å²) in [6.45, 7) is 0. The summed E-state index contributed by atoms with van der Waals surface area (Å²) in [5, 5.41) is 11.4. The van der Waals surface area contributed by atoms with Gasteiger partial charge in [-0.3, -0.25) is 4.79 Å². The largest absolute Gasteiger partial charge is 0.494 e. The number of benzene rings is 1. The van der Waals surface area contributed by atoms with E-state index in [2.05, 4.69) is 10.3 Å². The monoisotopic (exact) mass is 247 g/mol. The molecule has 0 aliphatic carbocycles. The lowest BCUT2D eigenvalue weighted by Gasteiger charge is -1.98. The zero-order valence-electron chi connectivity index (χ0n) is 9.06. The fourth-order valence-corrected chi connectivity index (χ4v) is 2.28. The zero-order chi connectivity index (χ0) is 12.3. The number of anilines is 1. The van der Waals surface area contributed by atoms with Crippen molar-refractivity contribution >= 4 is 32.6 Å². The lowest BCUT2D eigenvalue weighted by atomic mass is 10.3. The molecule has 0 radical (unpaired) electrons. The topological polar surface area (TPSA) is 75.0 Å². The van der Waals surface area contributed by atoms with Crippen LogP contribution < -0.4 is 10.1 Å². The van der Waals surface area contributed by atoms with Crippen LogP contribution in [0.4, 0.5) is 5.13 Å². The number of hydrogen-bond acceptors (Lipinski definition) is 5. The third kappa shape index (κ3) is 2.34. The Morgan fingerprint density at radius 3 is 3.18 bits per heavy atom. The van der Waals surface area contributed by atoms with Crippen molar-refractivity contribution in [3.63, 3.8) is 0 Å². The van der Waals surface area contributed by atoms with E-state index < -0.39 is 0 Å². The number of ether oxygens (including phenoxy) is 1. The average Bonchev–Trinajstić information content (AvgIpc) is 2.70. The molecule has 0 saturated heterocycles. The molecule has 0 aliphatic heterocycles. The molecule has 0 spiro atoms. The molecule has 6 heteroatoms. The average molecular weight is 247 g/mol. The van der Waals surface area contributed by atoms with E-state index >= 15 is 0 Å².